The van der Waals surface area contributed by atoms with Crippen molar-refractivity contribution in [3.63, 3.8) is 0 Å². The SMILES string of the molecule is CCc1cc(=O)n(CCNC(=O)COc2cc(C)ccc2C)cn1. The Bertz CT molecular complexity index is 768. The lowest BCUT2D eigenvalue weighted by atomic mass is 10.1. The van der Waals surface area contributed by atoms with Gasteiger partial charge in [0.1, 0.15) is 5.75 Å². The van der Waals surface area contributed by atoms with Gasteiger partial charge in [-0.3, -0.25) is 14.2 Å². The molecule has 24 heavy (non-hydrogen) atoms. The van der Waals surface area contributed by atoms with Crippen molar-refractivity contribution in [1.29, 1.82) is 0 Å². The number of aromatic nitrogens is 2. The first kappa shape index (κ1) is 17.7. The molecule has 0 aliphatic heterocycles. The van der Waals surface area contributed by atoms with Crippen LogP contribution in [0.5, 0.6) is 5.75 Å². The summed E-state index contributed by atoms with van der Waals surface area (Å²) in [5, 5.41) is 2.74. The molecule has 0 aliphatic carbocycles. The number of hydrogen-bond acceptors (Lipinski definition) is 4. The van der Waals surface area contributed by atoms with E-state index >= 15 is 0 Å². The molecule has 1 N–H and O–H groups in total. The molecular formula is C18H23N3O3. The maximum absolute atomic E-state index is 11.8. The van der Waals surface area contributed by atoms with Crippen LogP contribution in [0, 0.1) is 13.8 Å². The van der Waals surface area contributed by atoms with Crippen molar-refractivity contribution in [2.45, 2.75) is 33.7 Å². The highest BCUT2D eigenvalue weighted by molar-refractivity contribution is 5.77. The molecule has 0 aliphatic rings. The number of rotatable bonds is 7. The van der Waals surface area contributed by atoms with Gasteiger partial charge in [-0.15, -0.1) is 0 Å². The summed E-state index contributed by atoms with van der Waals surface area (Å²) < 4.78 is 7.02. The molecular weight excluding hydrogens is 306 g/mol. The lowest BCUT2D eigenvalue weighted by Crippen LogP contribution is -2.33. The predicted octanol–water partition coefficient (Wildman–Crippen LogP) is 1.62. The number of ether oxygens (including phenoxy) is 1. The molecule has 6 heteroatoms. The van der Waals surface area contributed by atoms with Gasteiger partial charge in [0.15, 0.2) is 6.61 Å². The van der Waals surface area contributed by atoms with Crippen molar-refractivity contribution in [1.82, 2.24) is 14.9 Å². The smallest absolute Gasteiger partial charge is 0.258 e. The number of carbonyl (C=O) groups excluding carboxylic acids is 1. The third-order valence-electron chi connectivity index (χ3n) is 3.68. The summed E-state index contributed by atoms with van der Waals surface area (Å²) in [5.74, 6) is 0.489. The Balaban J connectivity index is 1.79. The van der Waals surface area contributed by atoms with Crippen LogP contribution >= 0.6 is 0 Å². The van der Waals surface area contributed by atoms with Crippen molar-refractivity contribution in [3.8, 4) is 5.75 Å². The average Bonchev–Trinajstić information content (AvgIpc) is 2.57. The van der Waals surface area contributed by atoms with Gasteiger partial charge in [-0.05, 0) is 37.5 Å². The molecule has 2 aromatic rings. The van der Waals surface area contributed by atoms with Gasteiger partial charge in [0.25, 0.3) is 11.5 Å². The van der Waals surface area contributed by atoms with Gasteiger partial charge < -0.3 is 10.1 Å². The second kappa shape index (κ2) is 8.29. The van der Waals surface area contributed by atoms with Crippen molar-refractivity contribution in [3.05, 3.63) is 57.8 Å². The lowest BCUT2D eigenvalue weighted by Gasteiger charge is -2.11. The first-order valence-corrected chi connectivity index (χ1v) is 8.01. The highest BCUT2D eigenvalue weighted by atomic mass is 16.5. The highest BCUT2D eigenvalue weighted by Gasteiger charge is 2.05. The quantitative estimate of drug-likeness (QED) is 0.838. The van der Waals surface area contributed by atoms with E-state index in [4.69, 9.17) is 4.74 Å². The van der Waals surface area contributed by atoms with E-state index in [0.717, 1.165) is 23.2 Å². The normalized spacial score (nSPS) is 10.5. The summed E-state index contributed by atoms with van der Waals surface area (Å²) >= 11 is 0. The van der Waals surface area contributed by atoms with E-state index in [9.17, 15) is 9.59 Å². The first-order chi connectivity index (χ1) is 11.5. The molecule has 2 rings (SSSR count). The zero-order valence-electron chi connectivity index (χ0n) is 14.3. The van der Waals surface area contributed by atoms with E-state index in [1.54, 1.807) is 0 Å². The molecule has 0 spiro atoms. The maximum Gasteiger partial charge on any atom is 0.258 e. The molecule has 6 nitrogen and oxygen atoms in total. The zero-order valence-corrected chi connectivity index (χ0v) is 14.3. The molecule has 1 aromatic heterocycles. The Morgan fingerprint density at radius 2 is 2.08 bits per heavy atom. The average molecular weight is 329 g/mol. The Kier molecular flexibility index (Phi) is 6.12. The molecule has 0 bridgehead atoms. The number of benzene rings is 1. The Labute approximate surface area is 141 Å². The van der Waals surface area contributed by atoms with Crippen molar-refractivity contribution in [2.75, 3.05) is 13.2 Å². The number of hydrogen-bond donors (Lipinski definition) is 1. The van der Waals surface area contributed by atoms with Crippen LogP contribution in [0.1, 0.15) is 23.7 Å². The molecule has 1 amide bonds. The third kappa shape index (κ3) is 4.94. The molecule has 0 saturated carbocycles. The van der Waals surface area contributed by atoms with E-state index in [1.165, 1.54) is 17.0 Å². The molecule has 0 saturated heterocycles. The van der Waals surface area contributed by atoms with Gasteiger partial charge >= 0.3 is 0 Å². The monoisotopic (exact) mass is 329 g/mol. The minimum atomic E-state index is -0.220. The van der Waals surface area contributed by atoms with Crippen LogP contribution in [0.4, 0.5) is 0 Å². The topological polar surface area (TPSA) is 73.2 Å². The van der Waals surface area contributed by atoms with Gasteiger partial charge in [0.05, 0.1) is 6.33 Å². The number of nitrogens with one attached hydrogen (secondary N) is 1. The van der Waals surface area contributed by atoms with E-state index in [-0.39, 0.29) is 18.1 Å². The predicted molar refractivity (Wildman–Crippen MR) is 92.3 cm³/mol. The van der Waals surface area contributed by atoms with Gasteiger partial charge in [0, 0.05) is 24.8 Å². The van der Waals surface area contributed by atoms with Gasteiger partial charge in [-0.25, -0.2) is 4.98 Å². The first-order valence-electron chi connectivity index (χ1n) is 8.01. The largest absolute Gasteiger partial charge is 0.483 e. The van der Waals surface area contributed by atoms with Gasteiger partial charge in [-0.2, -0.15) is 0 Å². The summed E-state index contributed by atoms with van der Waals surface area (Å²) in [5.41, 5.74) is 2.73. The molecule has 0 fully saturated rings. The van der Waals surface area contributed by atoms with E-state index in [0.29, 0.717) is 18.8 Å². The van der Waals surface area contributed by atoms with Crippen molar-refractivity contribution >= 4 is 5.91 Å². The highest BCUT2D eigenvalue weighted by Crippen LogP contribution is 2.18. The fourth-order valence-electron chi connectivity index (χ4n) is 2.20. The summed E-state index contributed by atoms with van der Waals surface area (Å²) in [6.07, 6.45) is 2.24. The number of nitrogens with zero attached hydrogens (tertiary/aromatic N) is 2. The second-order valence-electron chi connectivity index (χ2n) is 5.67. The number of amides is 1. The Morgan fingerprint density at radius 3 is 2.79 bits per heavy atom. The maximum atomic E-state index is 11.8. The van der Waals surface area contributed by atoms with Crippen LogP contribution < -0.4 is 15.6 Å². The van der Waals surface area contributed by atoms with Crippen molar-refractivity contribution < 1.29 is 9.53 Å². The zero-order chi connectivity index (χ0) is 17.5. The van der Waals surface area contributed by atoms with E-state index < -0.39 is 0 Å². The van der Waals surface area contributed by atoms with Crippen LogP contribution in [-0.2, 0) is 17.8 Å². The number of aryl methyl sites for hydroxylation is 3. The van der Waals surface area contributed by atoms with E-state index in [2.05, 4.69) is 10.3 Å². The fraction of sp³-hybridized carbons (Fsp3) is 0.389. The second-order valence-corrected chi connectivity index (χ2v) is 5.67. The summed E-state index contributed by atoms with van der Waals surface area (Å²) in [6, 6.07) is 7.38. The Hall–Kier alpha value is -2.63. The standard InChI is InChI=1S/C18H23N3O3/c1-4-15-10-18(23)21(12-20-15)8-7-19-17(22)11-24-16-9-13(2)5-6-14(16)3/h5-6,9-10,12H,4,7-8,11H2,1-3H3,(H,19,22). The lowest BCUT2D eigenvalue weighted by molar-refractivity contribution is -0.123. The summed E-state index contributed by atoms with van der Waals surface area (Å²) in [6.45, 7) is 6.54. The molecule has 0 atom stereocenters. The van der Waals surface area contributed by atoms with Crippen LogP contribution in [0.25, 0.3) is 0 Å². The Morgan fingerprint density at radius 1 is 1.29 bits per heavy atom. The van der Waals surface area contributed by atoms with Crippen LogP contribution in [0.15, 0.2) is 35.4 Å². The van der Waals surface area contributed by atoms with E-state index in [1.807, 2.05) is 39.0 Å². The molecule has 1 aromatic carbocycles. The molecule has 1 heterocycles. The molecule has 0 unspecified atom stereocenters. The van der Waals surface area contributed by atoms with Crippen LogP contribution in [-0.4, -0.2) is 28.6 Å². The summed E-state index contributed by atoms with van der Waals surface area (Å²) in [7, 11) is 0. The van der Waals surface area contributed by atoms with Crippen molar-refractivity contribution in [2.24, 2.45) is 0 Å². The molecule has 0 radical (unpaired) electrons. The van der Waals surface area contributed by atoms with Gasteiger partial charge in [0.2, 0.25) is 0 Å². The molecule has 128 valence electrons. The minimum Gasteiger partial charge on any atom is -0.483 e. The van der Waals surface area contributed by atoms with Crippen LogP contribution in [0.3, 0.4) is 0 Å². The number of carbonyl (C=O) groups is 1. The minimum absolute atomic E-state index is 0.0494. The summed E-state index contributed by atoms with van der Waals surface area (Å²) in [4.78, 5) is 27.9. The van der Waals surface area contributed by atoms with Crippen LogP contribution in [0.2, 0.25) is 0 Å². The fourth-order valence-corrected chi connectivity index (χ4v) is 2.20. The van der Waals surface area contributed by atoms with Gasteiger partial charge in [-0.1, -0.05) is 19.1 Å². The third-order valence-corrected chi connectivity index (χ3v) is 3.68.